The third-order valence-corrected chi connectivity index (χ3v) is 5.77. The second-order valence-corrected chi connectivity index (χ2v) is 7.95. The van der Waals surface area contributed by atoms with Gasteiger partial charge in [-0.15, -0.1) is 0 Å². The fraction of sp³-hybridized carbons (Fsp3) is 0.269. The lowest BCUT2D eigenvalue weighted by atomic mass is 10.0. The van der Waals surface area contributed by atoms with Crippen LogP contribution in [0.3, 0.4) is 0 Å². The van der Waals surface area contributed by atoms with Crippen molar-refractivity contribution in [1.82, 2.24) is 9.88 Å². The summed E-state index contributed by atoms with van der Waals surface area (Å²) < 4.78 is 11.4. The molecule has 2 heterocycles. The lowest BCUT2D eigenvalue weighted by molar-refractivity contribution is -0.132. The standard InChI is InChI=1S/C26H25N3O4/c1-32-23-9-7-18(13-24(23)33-17-19-5-3-2-4-6-19)8-10-25(30)29-12-11-22-21(16-29)14-20(15-27)26(31)28-22/h2-7,9,13-14H,8,10-12,16-17H2,1H3,(H,28,31). The zero-order chi connectivity index (χ0) is 23.2. The van der Waals surface area contributed by atoms with Crippen LogP contribution in [0.15, 0.2) is 59.4 Å². The van der Waals surface area contributed by atoms with Crippen molar-refractivity contribution in [2.75, 3.05) is 13.7 Å². The highest BCUT2D eigenvalue weighted by Gasteiger charge is 2.22. The Morgan fingerprint density at radius 3 is 2.70 bits per heavy atom. The molecule has 0 unspecified atom stereocenters. The van der Waals surface area contributed by atoms with Crippen LogP contribution in [0.1, 0.15) is 34.4 Å². The summed E-state index contributed by atoms with van der Waals surface area (Å²) in [5.41, 5.74) is 3.38. The largest absolute Gasteiger partial charge is 0.493 e. The van der Waals surface area contributed by atoms with Gasteiger partial charge in [0.25, 0.3) is 5.56 Å². The average Bonchev–Trinajstić information content (AvgIpc) is 2.86. The van der Waals surface area contributed by atoms with Gasteiger partial charge in [0.05, 0.1) is 7.11 Å². The van der Waals surface area contributed by atoms with Gasteiger partial charge >= 0.3 is 0 Å². The molecule has 1 aromatic heterocycles. The molecule has 0 spiro atoms. The van der Waals surface area contributed by atoms with E-state index < -0.39 is 0 Å². The number of nitriles is 1. The number of ether oxygens (including phenoxy) is 2. The molecule has 1 amide bonds. The summed E-state index contributed by atoms with van der Waals surface area (Å²) >= 11 is 0. The van der Waals surface area contributed by atoms with Crippen molar-refractivity contribution in [3.05, 3.63) is 92.9 Å². The first-order chi connectivity index (χ1) is 16.1. The van der Waals surface area contributed by atoms with Gasteiger partial charge < -0.3 is 19.4 Å². The van der Waals surface area contributed by atoms with E-state index in [-0.39, 0.29) is 17.0 Å². The monoisotopic (exact) mass is 443 g/mol. The molecule has 0 bridgehead atoms. The number of hydrogen-bond donors (Lipinski definition) is 1. The van der Waals surface area contributed by atoms with Gasteiger partial charge in [0, 0.05) is 31.6 Å². The maximum absolute atomic E-state index is 12.9. The first-order valence-corrected chi connectivity index (χ1v) is 10.8. The first-order valence-electron chi connectivity index (χ1n) is 10.8. The lowest BCUT2D eigenvalue weighted by Gasteiger charge is -2.28. The number of fused-ring (bicyclic) bond motifs is 1. The molecule has 168 valence electrons. The van der Waals surface area contributed by atoms with E-state index in [1.54, 1.807) is 18.1 Å². The van der Waals surface area contributed by atoms with Crippen molar-refractivity contribution in [2.45, 2.75) is 32.4 Å². The maximum Gasteiger partial charge on any atom is 0.266 e. The molecule has 0 radical (unpaired) electrons. The van der Waals surface area contributed by atoms with Gasteiger partial charge in [-0.2, -0.15) is 5.26 Å². The van der Waals surface area contributed by atoms with E-state index in [0.29, 0.717) is 50.5 Å². The third-order valence-electron chi connectivity index (χ3n) is 5.77. The number of hydrogen-bond acceptors (Lipinski definition) is 5. The predicted octanol–water partition coefficient (Wildman–Crippen LogP) is 3.35. The van der Waals surface area contributed by atoms with Crippen LogP contribution in [-0.4, -0.2) is 29.4 Å². The Bertz CT molecular complexity index is 1240. The number of nitrogens with zero attached hydrogens (tertiary/aromatic N) is 2. The number of nitrogens with one attached hydrogen (secondary N) is 1. The molecule has 33 heavy (non-hydrogen) atoms. The Labute approximate surface area is 192 Å². The highest BCUT2D eigenvalue weighted by Crippen LogP contribution is 2.29. The van der Waals surface area contributed by atoms with Crippen LogP contribution in [-0.2, 0) is 30.8 Å². The average molecular weight is 444 g/mol. The smallest absolute Gasteiger partial charge is 0.266 e. The number of carbonyl (C=O) groups excluding carboxylic acids is 1. The topological polar surface area (TPSA) is 95.4 Å². The van der Waals surface area contributed by atoms with Crippen LogP contribution in [0, 0.1) is 11.3 Å². The fourth-order valence-corrected chi connectivity index (χ4v) is 3.94. The summed E-state index contributed by atoms with van der Waals surface area (Å²) in [6, 6.07) is 19.1. The molecular weight excluding hydrogens is 418 g/mol. The Morgan fingerprint density at radius 2 is 1.94 bits per heavy atom. The van der Waals surface area contributed by atoms with Gasteiger partial charge in [-0.25, -0.2) is 0 Å². The second-order valence-electron chi connectivity index (χ2n) is 7.95. The number of pyridine rings is 1. The lowest BCUT2D eigenvalue weighted by Crippen LogP contribution is -2.37. The van der Waals surface area contributed by atoms with Crippen molar-refractivity contribution in [3.63, 3.8) is 0 Å². The molecule has 0 atom stereocenters. The SMILES string of the molecule is COc1ccc(CCC(=O)N2CCc3[nH]c(=O)c(C#N)cc3C2)cc1OCc1ccccc1. The van der Waals surface area contributed by atoms with Crippen LogP contribution >= 0.6 is 0 Å². The predicted molar refractivity (Wildman–Crippen MR) is 123 cm³/mol. The van der Waals surface area contributed by atoms with Crippen LogP contribution in [0.25, 0.3) is 0 Å². The normalized spacial score (nSPS) is 12.5. The molecule has 0 saturated carbocycles. The van der Waals surface area contributed by atoms with E-state index in [0.717, 1.165) is 22.4 Å². The molecule has 4 rings (SSSR count). The molecule has 0 fully saturated rings. The van der Waals surface area contributed by atoms with Crippen molar-refractivity contribution in [2.24, 2.45) is 0 Å². The number of carbonyl (C=O) groups is 1. The molecule has 2 aromatic carbocycles. The van der Waals surface area contributed by atoms with E-state index in [9.17, 15) is 9.59 Å². The van der Waals surface area contributed by atoms with Crippen LogP contribution in [0.4, 0.5) is 0 Å². The van der Waals surface area contributed by atoms with Crippen LogP contribution < -0.4 is 15.0 Å². The Kier molecular flexibility index (Phi) is 6.75. The second kappa shape index (κ2) is 10.0. The summed E-state index contributed by atoms with van der Waals surface area (Å²) in [5.74, 6) is 1.33. The van der Waals surface area contributed by atoms with E-state index in [1.165, 1.54) is 0 Å². The van der Waals surface area contributed by atoms with Gasteiger partial charge in [-0.1, -0.05) is 36.4 Å². The fourth-order valence-electron chi connectivity index (χ4n) is 3.94. The Balaban J connectivity index is 1.39. The first kappa shape index (κ1) is 22.2. The molecule has 7 heteroatoms. The zero-order valence-corrected chi connectivity index (χ0v) is 18.5. The highest BCUT2D eigenvalue weighted by atomic mass is 16.5. The molecule has 1 N–H and O–H groups in total. The number of amides is 1. The van der Waals surface area contributed by atoms with E-state index >= 15 is 0 Å². The number of H-pyrrole nitrogens is 1. The number of aromatic amines is 1. The number of aryl methyl sites for hydroxylation is 1. The molecular formula is C26H25N3O4. The summed E-state index contributed by atoms with van der Waals surface area (Å²) in [6.45, 7) is 1.37. The van der Waals surface area contributed by atoms with Crippen LogP contribution in [0.2, 0.25) is 0 Å². The minimum Gasteiger partial charge on any atom is -0.493 e. The van der Waals surface area contributed by atoms with Gasteiger partial charge in [0.1, 0.15) is 18.2 Å². The number of benzene rings is 2. The Hall–Kier alpha value is -4.05. The Morgan fingerprint density at radius 1 is 1.12 bits per heavy atom. The van der Waals surface area contributed by atoms with Crippen LogP contribution in [0.5, 0.6) is 11.5 Å². The van der Waals surface area contributed by atoms with Gasteiger partial charge in [-0.05, 0) is 41.3 Å². The van der Waals surface area contributed by atoms with Crippen molar-refractivity contribution in [3.8, 4) is 17.6 Å². The molecule has 3 aromatic rings. The molecule has 0 saturated heterocycles. The zero-order valence-electron chi connectivity index (χ0n) is 18.5. The molecule has 1 aliphatic heterocycles. The highest BCUT2D eigenvalue weighted by molar-refractivity contribution is 5.76. The van der Waals surface area contributed by atoms with Gasteiger partial charge in [0.2, 0.25) is 5.91 Å². The summed E-state index contributed by atoms with van der Waals surface area (Å²) in [5, 5.41) is 9.10. The maximum atomic E-state index is 12.9. The minimum atomic E-state index is -0.374. The minimum absolute atomic E-state index is 0.0351. The molecule has 7 nitrogen and oxygen atoms in total. The molecule has 0 aliphatic carbocycles. The molecule has 1 aliphatic rings. The van der Waals surface area contributed by atoms with E-state index in [4.69, 9.17) is 14.7 Å². The summed E-state index contributed by atoms with van der Waals surface area (Å²) in [7, 11) is 1.60. The number of rotatable bonds is 7. The summed E-state index contributed by atoms with van der Waals surface area (Å²) in [4.78, 5) is 29.2. The summed E-state index contributed by atoms with van der Waals surface area (Å²) in [6.07, 6.45) is 1.50. The quantitative estimate of drug-likeness (QED) is 0.604. The van der Waals surface area contributed by atoms with Crippen molar-refractivity contribution < 1.29 is 14.3 Å². The number of methoxy groups -OCH3 is 1. The van der Waals surface area contributed by atoms with Crippen molar-refractivity contribution >= 4 is 5.91 Å². The van der Waals surface area contributed by atoms with E-state index in [2.05, 4.69) is 4.98 Å². The van der Waals surface area contributed by atoms with Crippen molar-refractivity contribution in [1.29, 1.82) is 5.26 Å². The third kappa shape index (κ3) is 5.24. The number of aromatic nitrogens is 1. The van der Waals surface area contributed by atoms with Gasteiger partial charge in [0.15, 0.2) is 11.5 Å². The van der Waals surface area contributed by atoms with Gasteiger partial charge in [-0.3, -0.25) is 9.59 Å². The van der Waals surface area contributed by atoms with E-state index in [1.807, 2.05) is 54.6 Å².